The van der Waals surface area contributed by atoms with E-state index >= 15 is 0 Å². The molecule has 0 amide bonds. The zero-order valence-electron chi connectivity index (χ0n) is 12.2. The fraction of sp³-hybridized carbons (Fsp3) is 0.533. The van der Waals surface area contributed by atoms with Crippen LogP contribution in [0.5, 0.6) is 0 Å². The normalized spacial score (nSPS) is 10.7. The van der Waals surface area contributed by atoms with E-state index in [2.05, 4.69) is 37.1 Å². The summed E-state index contributed by atoms with van der Waals surface area (Å²) in [6.07, 6.45) is 1.19. The van der Waals surface area contributed by atoms with Crippen LogP contribution in [-0.4, -0.2) is 36.1 Å². The van der Waals surface area contributed by atoms with Crippen LogP contribution in [0.15, 0.2) is 18.2 Å². The van der Waals surface area contributed by atoms with Crippen molar-refractivity contribution >= 4 is 22.9 Å². The Kier molecular flexibility index (Phi) is 6.81. The molecule has 1 aromatic rings. The molecule has 3 N–H and O–H groups in total. The quantitative estimate of drug-likeness (QED) is 0.718. The molecule has 0 spiro atoms. The molecule has 0 aliphatic heterocycles. The average Bonchev–Trinajstić information content (AvgIpc) is 2.37. The molecule has 0 radical (unpaired) electrons. The highest BCUT2D eigenvalue weighted by Crippen LogP contribution is 2.17. The molecule has 0 heterocycles. The van der Waals surface area contributed by atoms with Crippen molar-refractivity contribution < 1.29 is 0 Å². The predicted molar refractivity (Wildman–Crippen MR) is 88.0 cm³/mol. The van der Waals surface area contributed by atoms with Crippen LogP contribution in [-0.2, 0) is 0 Å². The van der Waals surface area contributed by atoms with Gasteiger partial charge >= 0.3 is 0 Å². The molecule has 106 valence electrons. The second-order valence-electron chi connectivity index (χ2n) is 4.77. The van der Waals surface area contributed by atoms with Crippen molar-refractivity contribution in [3.05, 3.63) is 29.3 Å². The van der Waals surface area contributed by atoms with Crippen LogP contribution in [0.25, 0.3) is 0 Å². The standard InChI is InChI=1S/C15H25N3S/c1-4-9-18(5-2)10-8-17-14-11-12(3)6-7-13(14)15(16)19/h6-7,11,17H,4-5,8-10H2,1-3H3,(H2,16,19). The maximum atomic E-state index is 5.75. The lowest BCUT2D eigenvalue weighted by Crippen LogP contribution is -2.30. The summed E-state index contributed by atoms with van der Waals surface area (Å²) in [6.45, 7) is 10.7. The number of benzene rings is 1. The van der Waals surface area contributed by atoms with Crippen LogP contribution in [0.4, 0.5) is 5.69 Å². The second kappa shape index (κ2) is 8.12. The molecule has 0 aromatic heterocycles. The fourth-order valence-corrected chi connectivity index (χ4v) is 2.29. The van der Waals surface area contributed by atoms with Gasteiger partial charge in [-0.05, 0) is 44.1 Å². The fourth-order valence-electron chi connectivity index (χ4n) is 2.11. The van der Waals surface area contributed by atoms with Gasteiger partial charge in [0.25, 0.3) is 0 Å². The monoisotopic (exact) mass is 279 g/mol. The molecule has 0 fully saturated rings. The van der Waals surface area contributed by atoms with E-state index in [1.807, 2.05) is 12.1 Å². The van der Waals surface area contributed by atoms with E-state index in [4.69, 9.17) is 18.0 Å². The first-order valence-electron chi connectivity index (χ1n) is 6.95. The van der Waals surface area contributed by atoms with Crippen LogP contribution < -0.4 is 11.1 Å². The van der Waals surface area contributed by atoms with Crippen molar-refractivity contribution in [1.82, 2.24) is 4.90 Å². The zero-order chi connectivity index (χ0) is 14.3. The number of aryl methyl sites for hydroxylation is 1. The Labute approximate surface area is 122 Å². The molecular formula is C15H25N3S. The number of nitrogens with one attached hydrogen (secondary N) is 1. The van der Waals surface area contributed by atoms with Gasteiger partial charge in [0.15, 0.2) is 0 Å². The molecule has 0 saturated heterocycles. The van der Waals surface area contributed by atoms with Crippen LogP contribution >= 0.6 is 12.2 Å². The number of nitrogens with two attached hydrogens (primary N) is 1. The van der Waals surface area contributed by atoms with Gasteiger partial charge in [-0.1, -0.05) is 32.1 Å². The molecule has 0 unspecified atom stereocenters. The molecule has 0 bridgehead atoms. The first kappa shape index (κ1) is 15.9. The predicted octanol–water partition coefficient (Wildman–Crippen LogP) is 2.77. The molecule has 4 heteroatoms. The molecule has 0 aliphatic rings. The van der Waals surface area contributed by atoms with Gasteiger partial charge in [-0.25, -0.2) is 0 Å². The summed E-state index contributed by atoms with van der Waals surface area (Å²) >= 11 is 5.09. The first-order chi connectivity index (χ1) is 9.08. The van der Waals surface area contributed by atoms with E-state index in [1.165, 1.54) is 12.0 Å². The SMILES string of the molecule is CCCN(CC)CCNc1cc(C)ccc1C(N)=S. The van der Waals surface area contributed by atoms with Gasteiger partial charge in [0.1, 0.15) is 4.99 Å². The number of anilines is 1. The Hall–Kier alpha value is -1.13. The van der Waals surface area contributed by atoms with Gasteiger partial charge in [0.2, 0.25) is 0 Å². The minimum atomic E-state index is 0.448. The Morgan fingerprint density at radius 1 is 1.32 bits per heavy atom. The van der Waals surface area contributed by atoms with Crippen molar-refractivity contribution in [2.24, 2.45) is 5.73 Å². The van der Waals surface area contributed by atoms with Crippen LogP contribution in [0.2, 0.25) is 0 Å². The number of hydrogen-bond acceptors (Lipinski definition) is 3. The Balaban J connectivity index is 2.61. The van der Waals surface area contributed by atoms with E-state index in [9.17, 15) is 0 Å². The Bertz CT molecular complexity index is 418. The Morgan fingerprint density at radius 3 is 2.63 bits per heavy atom. The summed E-state index contributed by atoms with van der Waals surface area (Å²) in [5.41, 5.74) is 8.93. The van der Waals surface area contributed by atoms with Gasteiger partial charge in [0, 0.05) is 24.3 Å². The van der Waals surface area contributed by atoms with Crippen LogP contribution in [0.1, 0.15) is 31.4 Å². The maximum absolute atomic E-state index is 5.75. The lowest BCUT2D eigenvalue weighted by Gasteiger charge is -2.20. The largest absolute Gasteiger partial charge is 0.389 e. The third-order valence-electron chi connectivity index (χ3n) is 3.17. The highest BCUT2D eigenvalue weighted by Gasteiger charge is 2.06. The van der Waals surface area contributed by atoms with Crippen molar-refractivity contribution in [2.45, 2.75) is 27.2 Å². The van der Waals surface area contributed by atoms with E-state index < -0.39 is 0 Å². The smallest absolute Gasteiger partial charge is 0.106 e. The molecule has 0 atom stereocenters. The van der Waals surface area contributed by atoms with Crippen molar-refractivity contribution in [2.75, 3.05) is 31.5 Å². The number of nitrogens with zero attached hydrogens (tertiary/aromatic N) is 1. The van der Waals surface area contributed by atoms with E-state index in [1.54, 1.807) is 0 Å². The summed E-state index contributed by atoms with van der Waals surface area (Å²) in [5, 5.41) is 3.45. The first-order valence-corrected chi connectivity index (χ1v) is 7.36. The van der Waals surface area contributed by atoms with Gasteiger partial charge in [-0.3, -0.25) is 0 Å². The highest BCUT2D eigenvalue weighted by atomic mass is 32.1. The van der Waals surface area contributed by atoms with Crippen LogP contribution in [0.3, 0.4) is 0 Å². The summed E-state index contributed by atoms with van der Waals surface area (Å²) in [4.78, 5) is 2.88. The van der Waals surface area contributed by atoms with Gasteiger partial charge in [-0.15, -0.1) is 0 Å². The summed E-state index contributed by atoms with van der Waals surface area (Å²) in [5.74, 6) is 0. The molecule has 19 heavy (non-hydrogen) atoms. The molecule has 0 aliphatic carbocycles. The molecule has 1 aromatic carbocycles. The average molecular weight is 279 g/mol. The lowest BCUT2D eigenvalue weighted by molar-refractivity contribution is 0.300. The molecular weight excluding hydrogens is 254 g/mol. The van der Waals surface area contributed by atoms with Gasteiger partial charge < -0.3 is 16.0 Å². The lowest BCUT2D eigenvalue weighted by atomic mass is 10.1. The minimum Gasteiger partial charge on any atom is -0.389 e. The summed E-state index contributed by atoms with van der Waals surface area (Å²) in [6, 6.07) is 6.13. The third kappa shape index (κ3) is 5.17. The maximum Gasteiger partial charge on any atom is 0.106 e. The van der Waals surface area contributed by atoms with E-state index in [0.717, 1.165) is 37.4 Å². The number of rotatable bonds is 8. The highest BCUT2D eigenvalue weighted by molar-refractivity contribution is 7.80. The molecule has 1 rings (SSSR count). The van der Waals surface area contributed by atoms with E-state index in [0.29, 0.717) is 4.99 Å². The number of hydrogen-bond donors (Lipinski definition) is 2. The topological polar surface area (TPSA) is 41.3 Å². The molecule has 0 saturated carbocycles. The summed E-state index contributed by atoms with van der Waals surface area (Å²) < 4.78 is 0. The van der Waals surface area contributed by atoms with Gasteiger partial charge in [0.05, 0.1) is 0 Å². The van der Waals surface area contributed by atoms with Crippen molar-refractivity contribution in [1.29, 1.82) is 0 Å². The zero-order valence-corrected chi connectivity index (χ0v) is 13.0. The van der Waals surface area contributed by atoms with Crippen molar-refractivity contribution in [3.8, 4) is 0 Å². The minimum absolute atomic E-state index is 0.448. The Morgan fingerprint density at radius 2 is 2.05 bits per heavy atom. The summed E-state index contributed by atoms with van der Waals surface area (Å²) in [7, 11) is 0. The van der Waals surface area contributed by atoms with Crippen molar-refractivity contribution in [3.63, 3.8) is 0 Å². The number of thiocarbonyl (C=S) groups is 1. The van der Waals surface area contributed by atoms with Crippen LogP contribution in [0, 0.1) is 6.92 Å². The third-order valence-corrected chi connectivity index (χ3v) is 3.39. The van der Waals surface area contributed by atoms with E-state index in [-0.39, 0.29) is 0 Å². The van der Waals surface area contributed by atoms with Gasteiger partial charge in [-0.2, -0.15) is 0 Å². The number of likely N-dealkylation sites (N-methyl/N-ethyl adjacent to an activating group) is 1. The molecule has 3 nitrogen and oxygen atoms in total. The second-order valence-corrected chi connectivity index (χ2v) is 5.21.